The molecule has 138 valence electrons. The second-order valence-electron chi connectivity index (χ2n) is 6.14. The highest BCUT2D eigenvalue weighted by atomic mass is 19.4. The van der Waals surface area contributed by atoms with Crippen molar-refractivity contribution in [3.05, 3.63) is 53.9 Å². The van der Waals surface area contributed by atoms with Crippen molar-refractivity contribution in [2.45, 2.75) is 26.1 Å². The van der Waals surface area contributed by atoms with E-state index in [-0.39, 0.29) is 11.1 Å². The molecule has 0 aliphatic rings. The first-order valence-electron chi connectivity index (χ1n) is 7.82. The number of nitrogens with zero attached hydrogens (tertiary/aromatic N) is 1. The van der Waals surface area contributed by atoms with Gasteiger partial charge in [0.25, 0.3) is 5.91 Å². The Balaban J connectivity index is 2.30. The predicted octanol–water partition coefficient (Wildman–Crippen LogP) is 3.16. The minimum Gasteiger partial charge on any atom is -0.366 e. The molecule has 0 aliphatic heterocycles. The van der Waals surface area contributed by atoms with Crippen LogP contribution in [0.1, 0.15) is 34.6 Å². The van der Waals surface area contributed by atoms with Gasteiger partial charge in [-0.2, -0.15) is 13.2 Å². The topological polar surface area (TPSA) is 85.1 Å². The Kier molecular flexibility index (Phi) is 5.64. The lowest BCUT2D eigenvalue weighted by Crippen LogP contribution is -2.48. The van der Waals surface area contributed by atoms with Gasteiger partial charge in [-0.15, -0.1) is 0 Å². The van der Waals surface area contributed by atoms with Gasteiger partial charge in [0.2, 0.25) is 5.91 Å². The fourth-order valence-corrected chi connectivity index (χ4v) is 2.42. The number of halogens is 3. The Hall–Kier alpha value is -2.90. The summed E-state index contributed by atoms with van der Waals surface area (Å²) in [5.41, 5.74) is 6.52. The zero-order valence-corrected chi connectivity index (χ0v) is 14.2. The van der Waals surface area contributed by atoms with Crippen molar-refractivity contribution in [1.29, 1.82) is 0 Å². The molecule has 0 saturated heterocycles. The van der Waals surface area contributed by atoms with Gasteiger partial charge in [-0.05, 0) is 29.7 Å². The van der Waals surface area contributed by atoms with E-state index in [1.165, 1.54) is 44.4 Å². The number of nitrogens with two attached hydrogens (primary N) is 1. The standard InChI is InChI=1S/C18H18F3N3O2/c1-10(2)15(18(19,20)21)24-17(26)12-5-3-4-11(6-12)13-7-14(16(22)25)9-23-8-13/h3-10,15H,1-2H3,(H2,22,25)(H,24,26). The highest BCUT2D eigenvalue weighted by Gasteiger charge is 2.42. The number of alkyl halides is 3. The van der Waals surface area contributed by atoms with Crippen LogP contribution in [0.2, 0.25) is 0 Å². The first-order chi connectivity index (χ1) is 12.1. The van der Waals surface area contributed by atoms with Crippen LogP contribution < -0.4 is 11.1 Å². The van der Waals surface area contributed by atoms with Crippen LogP contribution in [0.3, 0.4) is 0 Å². The summed E-state index contributed by atoms with van der Waals surface area (Å²) in [6.07, 6.45) is -1.77. The summed E-state index contributed by atoms with van der Waals surface area (Å²) >= 11 is 0. The van der Waals surface area contributed by atoms with Gasteiger partial charge in [-0.3, -0.25) is 14.6 Å². The van der Waals surface area contributed by atoms with Crippen molar-refractivity contribution in [3.63, 3.8) is 0 Å². The molecule has 5 nitrogen and oxygen atoms in total. The maximum absolute atomic E-state index is 13.0. The number of carbonyl (C=O) groups excluding carboxylic acids is 2. The molecule has 0 fully saturated rings. The van der Waals surface area contributed by atoms with Gasteiger partial charge < -0.3 is 11.1 Å². The molecule has 0 aliphatic carbocycles. The number of hydrogen-bond acceptors (Lipinski definition) is 3. The fraction of sp³-hybridized carbons (Fsp3) is 0.278. The monoisotopic (exact) mass is 365 g/mol. The summed E-state index contributed by atoms with van der Waals surface area (Å²) in [5.74, 6) is -2.29. The molecule has 0 spiro atoms. The largest absolute Gasteiger partial charge is 0.408 e. The number of pyridine rings is 1. The zero-order valence-electron chi connectivity index (χ0n) is 14.2. The Morgan fingerprint density at radius 2 is 1.73 bits per heavy atom. The van der Waals surface area contributed by atoms with Gasteiger partial charge in [0.1, 0.15) is 6.04 Å². The summed E-state index contributed by atoms with van der Waals surface area (Å²) in [7, 11) is 0. The van der Waals surface area contributed by atoms with Crippen molar-refractivity contribution in [1.82, 2.24) is 10.3 Å². The third-order valence-electron chi connectivity index (χ3n) is 3.79. The first kappa shape index (κ1) is 19.4. The molecule has 2 rings (SSSR count). The third-order valence-corrected chi connectivity index (χ3v) is 3.79. The number of carbonyl (C=O) groups is 2. The van der Waals surface area contributed by atoms with E-state index in [2.05, 4.69) is 4.98 Å². The molecule has 1 heterocycles. The summed E-state index contributed by atoms with van der Waals surface area (Å²) < 4.78 is 39.1. The summed E-state index contributed by atoms with van der Waals surface area (Å²) in [5, 5.41) is 2.03. The van der Waals surface area contributed by atoms with Gasteiger partial charge >= 0.3 is 6.18 Å². The molecule has 1 aromatic carbocycles. The van der Waals surface area contributed by atoms with Crippen LogP contribution in [0.25, 0.3) is 11.1 Å². The quantitative estimate of drug-likeness (QED) is 0.853. The lowest BCUT2D eigenvalue weighted by atomic mass is 10.0. The number of amides is 2. The second kappa shape index (κ2) is 7.55. The number of nitrogens with one attached hydrogen (secondary N) is 1. The van der Waals surface area contributed by atoms with E-state index in [0.717, 1.165) is 0 Å². The molecular formula is C18H18F3N3O2. The summed E-state index contributed by atoms with van der Waals surface area (Å²) in [6.45, 7) is 2.77. The maximum atomic E-state index is 13.0. The van der Waals surface area contributed by atoms with Gasteiger partial charge in [0.05, 0.1) is 5.56 Å². The highest BCUT2D eigenvalue weighted by Crippen LogP contribution is 2.26. The number of benzene rings is 1. The van der Waals surface area contributed by atoms with E-state index in [9.17, 15) is 22.8 Å². The van der Waals surface area contributed by atoms with E-state index in [4.69, 9.17) is 5.73 Å². The van der Waals surface area contributed by atoms with E-state index in [0.29, 0.717) is 11.1 Å². The van der Waals surface area contributed by atoms with Crippen molar-refractivity contribution >= 4 is 11.8 Å². The van der Waals surface area contributed by atoms with Gasteiger partial charge in [-0.25, -0.2) is 0 Å². The molecule has 1 atom stereocenters. The normalized spacial score (nSPS) is 12.7. The highest BCUT2D eigenvalue weighted by molar-refractivity contribution is 5.96. The average molecular weight is 365 g/mol. The van der Waals surface area contributed by atoms with Crippen molar-refractivity contribution in [2.75, 3.05) is 0 Å². The fourth-order valence-electron chi connectivity index (χ4n) is 2.42. The van der Waals surface area contributed by atoms with Gasteiger partial charge in [-0.1, -0.05) is 26.0 Å². The number of aromatic nitrogens is 1. The predicted molar refractivity (Wildman–Crippen MR) is 90.3 cm³/mol. The van der Waals surface area contributed by atoms with E-state index in [1.54, 1.807) is 12.1 Å². The van der Waals surface area contributed by atoms with Gasteiger partial charge in [0, 0.05) is 23.5 Å². The third kappa shape index (κ3) is 4.59. The Morgan fingerprint density at radius 3 is 2.31 bits per heavy atom. The molecule has 26 heavy (non-hydrogen) atoms. The minimum atomic E-state index is -4.54. The lowest BCUT2D eigenvalue weighted by molar-refractivity contribution is -0.162. The maximum Gasteiger partial charge on any atom is 0.408 e. The van der Waals surface area contributed by atoms with E-state index >= 15 is 0 Å². The Morgan fingerprint density at radius 1 is 1.08 bits per heavy atom. The zero-order chi connectivity index (χ0) is 19.5. The summed E-state index contributed by atoms with van der Waals surface area (Å²) in [4.78, 5) is 27.4. The smallest absolute Gasteiger partial charge is 0.366 e. The van der Waals surface area contributed by atoms with E-state index in [1.807, 2.05) is 5.32 Å². The van der Waals surface area contributed by atoms with Crippen LogP contribution in [0.15, 0.2) is 42.7 Å². The molecular weight excluding hydrogens is 347 g/mol. The van der Waals surface area contributed by atoms with Crippen LogP contribution in [-0.4, -0.2) is 29.0 Å². The molecule has 0 bridgehead atoms. The number of hydrogen-bond donors (Lipinski definition) is 2. The van der Waals surface area contributed by atoms with Crippen LogP contribution >= 0.6 is 0 Å². The van der Waals surface area contributed by atoms with Crippen LogP contribution in [0.5, 0.6) is 0 Å². The molecule has 0 radical (unpaired) electrons. The van der Waals surface area contributed by atoms with Crippen molar-refractivity contribution in [3.8, 4) is 11.1 Å². The Labute approximate surface area is 148 Å². The molecule has 0 saturated carbocycles. The van der Waals surface area contributed by atoms with Gasteiger partial charge in [0.15, 0.2) is 0 Å². The Bertz CT molecular complexity index is 819. The molecule has 8 heteroatoms. The van der Waals surface area contributed by atoms with Crippen LogP contribution in [0, 0.1) is 5.92 Å². The second-order valence-corrected chi connectivity index (χ2v) is 6.14. The SMILES string of the molecule is CC(C)C(NC(=O)c1cccc(-c2cncc(C(N)=O)c2)c1)C(F)(F)F. The molecule has 1 aromatic heterocycles. The molecule has 2 aromatic rings. The molecule has 2 amide bonds. The number of primary amides is 1. The number of rotatable bonds is 5. The van der Waals surface area contributed by atoms with E-state index < -0.39 is 30.0 Å². The van der Waals surface area contributed by atoms with Crippen LogP contribution in [-0.2, 0) is 0 Å². The average Bonchev–Trinajstić information content (AvgIpc) is 2.58. The minimum absolute atomic E-state index is 0.0712. The van der Waals surface area contributed by atoms with Crippen molar-refractivity contribution in [2.24, 2.45) is 11.7 Å². The first-order valence-corrected chi connectivity index (χ1v) is 7.82. The lowest BCUT2D eigenvalue weighted by Gasteiger charge is -2.25. The van der Waals surface area contributed by atoms with Crippen molar-refractivity contribution < 1.29 is 22.8 Å². The molecule has 1 unspecified atom stereocenters. The molecule has 3 N–H and O–H groups in total. The summed E-state index contributed by atoms with van der Waals surface area (Å²) in [6, 6.07) is 5.60. The van der Waals surface area contributed by atoms with Crippen LogP contribution in [0.4, 0.5) is 13.2 Å².